The maximum atomic E-state index is 12.8. The van der Waals surface area contributed by atoms with Gasteiger partial charge in [-0.3, -0.25) is 0 Å². The van der Waals surface area contributed by atoms with Gasteiger partial charge in [0.15, 0.2) is 35.4 Å². The van der Waals surface area contributed by atoms with Crippen molar-refractivity contribution in [2.24, 2.45) is 0 Å². The SMILES string of the molecule is O=C(C=Cc1ccc(O)cc1)OC[C@@H]1O[C@@H]2OC[C@H](c3ccc(O)c(O)c3)O[C@H]2[C@@H](O)[C@@H]1OC(=O)C=Cc1ccc(O)c(O)c1. The molecule has 0 bridgehead atoms. The van der Waals surface area contributed by atoms with E-state index in [4.69, 9.17) is 23.7 Å². The van der Waals surface area contributed by atoms with Gasteiger partial charge in [0.1, 0.15) is 36.8 Å². The summed E-state index contributed by atoms with van der Waals surface area (Å²) in [6.45, 7) is -0.488. The molecule has 5 rings (SSSR count). The van der Waals surface area contributed by atoms with Crippen LogP contribution in [0.1, 0.15) is 22.8 Å². The Hall–Kier alpha value is -5.08. The zero-order valence-electron chi connectivity index (χ0n) is 23.5. The predicted octanol–water partition coefficient (Wildman–Crippen LogP) is 2.64. The van der Waals surface area contributed by atoms with Crippen LogP contribution in [0.5, 0.6) is 28.7 Å². The second-order valence-corrected chi connectivity index (χ2v) is 10.2. The minimum atomic E-state index is -1.52. The molecule has 0 amide bonds. The van der Waals surface area contributed by atoms with Crippen LogP contribution in [-0.4, -0.2) is 86.5 Å². The molecule has 0 radical (unpaired) electrons. The lowest BCUT2D eigenvalue weighted by Gasteiger charge is -2.47. The number of aromatic hydroxyl groups is 5. The van der Waals surface area contributed by atoms with Crippen molar-refractivity contribution >= 4 is 24.1 Å². The molecule has 45 heavy (non-hydrogen) atoms. The highest BCUT2D eigenvalue weighted by Gasteiger charge is 2.51. The fourth-order valence-electron chi connectivity index (χ4n) is 4.72. The Labute approximate surface area is 256 Å². The zero-order chi connectivity index (χ0) is 32.1. The molecule has 2 aliphatic rings. The van der Waals surface area contributed by atoms with Crippen molar-refractivity contribution in [2.75, 3.05) is 13.2 Å². The summed E-state index contributed by atoms with van der Waals surface area (Å²) < 4.78 is 28.6. The topological polar surface area (TPSA) is 202 Å². The Kier molecular flexibility index (Phi) is 9.54. The highest BCUT2D eigenvalue weighted by atomic mass is 16.7. The van der Waals surface area contributed by atoms with Gasteiger partial charge < -0.3 is 54.3 Å². The van der Waals surface area contributed by atoms with Crippen molar-refractivity contribution in [2.45, 2.75) is 36.8 Å². The monoisotopic (exact) mass is 622 g/mol. The van der Waals surface area contributed by atoms with Crippen molar-refractivity contribution in [1.29, 1.82) is 0 Å². The van der Waals surface area contributed by atoms with Crippen molar-refractivity contribution in [3.8, 4) is 28.7 Å². The molecular formula is C32H30O13. The molecule has 2 heterocycles. The summed E-state index contributed by atoms with van der Waals surface area (Å²) in [5, 5.41) is 59.5. The van der Waals surface area contributed by atoms with E-state index in [2.05, 4.69) is 0 Å². The number of hydrogen-bond donors (Lipinski definition) is 6. The van der Waals surface area contributed by atoms with E-state index in [0.29, 0.717) is 16.7 Å². The zero-order valence-corrected chi connectivity index (χ0v) is 23.5. The Morgan fingerprint density at radius 2 is 1.42 bits per heavy atom. The quantitative estimate of drug-likeness (QED) is 0.122. The van der Waals surface area contributed by atoms with Crippen LogP contribution in [0.2, 0.25) is 0 Å². The van der Waals surface area contributed by atoms with E-state index in [9.17, 15) is 40.2 Å². The number of carbonyl (C=O) groups excluding carboxylic acids is 2. The third-order valence-electron chi connectivity index (χ3n) is 7.08. The summed E-state index contributed by atoms with van der Waals surface area (Å²) in [6, 6.07) is 14.1. The molecule has 0 saturated carbocycles. The number of rotatable bonds is 8. The number of esters is 2. The average Bonchev–Trinajstić information content (AvgIpc) is 3.03. The highest BCUT2D eigenvalue weighted by molar-refractivity contribution is 5.88. The Morgan fingerprint density at radius 3 is 2.13 bits per heavy atom. The van der Waals surface area contributed by atoms with Gasteiger partial charge in [0.05, 0.1) is 6.61 Å². The van der Waals surface area contributed by atoms with Crippen LogP contribution in [0.3, 0.4) is 0 Å². The van der Waals surface area contributed by atoms with E-state index in [-0.39, 0.29) is 35.4 Å². The summed E-state index contributed by atoms with van der Waals surface area (Å²) in [7, 11) is 0. The first-order valence-corrected chi connectivity index (χ1v) is 13.7. The Bertz CT molecular complexity index is 1580. The summed E-state index contributed by atoms with van der Waals surface area (Å²) in [4.78, 5) is 25.3. The Morgan fingerprint density at radius 1 is 0.778 bits per heavy atom. The van der Waals surface area contributed by atoms with Gasteiger partial charge in [0.2, 0.25) is 0 Å². The first kappa shape index (κ1) is 31.3. The normalized spacial score (nSPS) is 24.7. The third-order valence-corrected chi connectivity index (χ3v) is 7.08. The van der Waals surface area contributed by atoms with Gasteiger partial charge in [-0.05, 0) is 65.2 Å². The third kappa shape index (κ3) is 7.72. The molecule has 3 aromatic rings. The average molecular weight is 623 g/mol. The lowest BCUT2D eigenvalue weighted by atomic mass is 9.97. The van der Waals surface area contributed by atoms with E-state index in [0.717, 1.165) is 12.2 Å². The minimum Gasteiger partial charge on any atom is -0.508 e. The summed E-state index contributed by atoms with van der Waals surface area (Å²) in [5.74, 6) is -3.02. The molecule has 13 heteroatoms. The molecule has 2 fully saturated rings. The molecule has 0 aliphatic carbocycles. The number of hydrogen-bond acceptors (Lipinski definition) is 13. The largest absolute Gasteiger partial charge is 0.508 e. The predicted molar refractivity (Wildman–Crippen MR) is 155 cm³/mol. The van der Waals surface area contributed by atoms with Gasteiger partial charge in [-0.25, -0.2) is 9.59 Å². The maximum Gasteiger partial charge on any atom is 0.331 e. The van der Waals surface area contributed by atoms with E-state index in [1.807, 2.05) is 0 Å². The van der Waals surface area contributed by atoms with Gasteiger partial charge in [0.25, 0.3) is 0 Å². The highest BCUT2D eigenvalue weighted by Crippen LogP contribution is 2.37. The summed E-state index contributed by atoms with van der Waals surface area (Å²) in [5.41, 5.74) is 1.44. The van der Waals surface area contributed by atoms with Crippen molar-refractivity contribution < 1.29 is 63.9 Å². The molecule has 2 saturated heterocycles. The Balaban J connectivity index is 1.30. The second-order valence-electron chi connectivity index (χ2n) is 10.2. The molecule has 0 aromatic heterocycles. The maximum absolute atomic E-state index is 12.8. The molecule has 2 aliphatic heterocycles. The van der Waals surface area contributed by atoms with Crippen LogP contribution in [0.15, 0.2) is 72.8 Å². The van der Waals surface area contributed by atoms with Gasteiger partial charge in [0, 0.05) is 12.2 Å². The number of phenolic OH excluding ortho intramolecular Hbond substituents is 5. The van der Waals surface area contributed by atoms with Gasteiger partial charge in [-0.2, -0.15) is 0 Å². The lowest BCUT2D eigenvalue weighted by molar-refractivity contribution is -0.350. The number of phenols is 5. The van der Waals surface area contributed by atoms with Crippen LogP contribution in [-0.2, 0) is 33.3 Å². The number of aliphatic hydroxyl groups excluding tert-OH is 1. The minimum absolute atomic E-state index is 0.0490. The van der Waals surface area contributed by atoms with Crippen molar-refractivity contribution in [3.05, 3.63) is 89.5 Å². The number of fused-ring (bicyclic) bond motifs is 1. The first-order chi connectivity index (χ1) is 21.6. The van der Waals surface area contributed by atoms with Crippen LogP contribution < -0.4 is 0 Å². The van der Waals surface area contributed by atoms with Crippen LogP contribution in [0.25, 0.3) is 12.2 Å². The molecule has 6 N–H and O–H groups in total. The van der Waals surface area contributed by atoms with Crippen LogP contribution in [0, 0.1) is 0 Å². The fourth-order valence-corrected chi connectivity index (χ4v) is 4.72. The molecule has 0 unspecified atom stereocenters. The summed E-state index contributed by atoms with van der Waals surface area (Å²) in [6.07, 6.45) is -2.22. The molecule has 0 spiro atoms. The van der Waals surface area contributed by atoms with Crippen LogP contribution >= 0.6 is 0 Å². The van der Waals surface area contributed by atoms with Gasteiger partial charge in [-0.15, -0.1) is 0 Å². The molecular weight excluding hydrogens is 592 g/mol. The van der Waals surface area contributed by atoms with E-state index >= 15 is 0 Å². The number of benzene rings is 3. The molecule has 13 nitrogen and oxygen atoms in total. The van der Waals surface area contributed by atoms with Crippen LogP contribution in [0.4, 0.5) is 0 Å². The summed E-state index contributed by atoms with van der Waals surface area (Å²) >= 11 is 0. The molecule has 236 valence electrons. The van der Waals surface area contributed by atoms with Gasteiger partial charge in [-0.1, -0.05) is 24.3 Å². The van der Waals surface area contributed by atoms with E-state index in [1.54, 1.807) is 12.1 Å². The fraction of sp³-hybridized carbons (Fsp3) is 0.250. The first-order valence-electron chi connectivity index (χ1n) is 13.7. The van der Waals surface area contributed by atoms with Crippen molar-refractivity contribution in [3.63, 3.8) is 0 Å². The second kappa shape index (κ2) is 13.7. The number of carbonyl (C=O) groups is 2. The molecule has 6 atom stereocenters. The smallest absolute Gasteiger partial charge is 0.331 e. The van der Waals surface area contributed by atoms with E-state index in [1.165, 1.54) is 60.7 Å². The van der Waals surface area contributed by atoms with E-state index < -0.39 is 55.4 Å². The number of aliphatic hydroxyl groups is 1. The molecule has 3 aromatic carbocycles. The lowest BCUT2D eigenvalue weighted by Crippen LogP contribution is -2.63. The van der Waals surface area contributed by atoms with Gasteiger partial charge >= 0.3 is 11.9 Å². The van der Waals surface area contributed by atoms with Crippen molar-refractivity contribution in [1.82, 2.24) is 0 Å². The number of ether oxygens (including phenoxy) is 5. The standard InChI is InChI=1S/C32H30O13/c33-20-7-1-17(2-8-20)4-11-27(38)41-16-26-30(45-28(39)12-5-18-3-9-21(34)23(36)13-18)29(40)31-32(44-26)42-15-25(43-31)19-6-10-22(35)24(37)14-19/h1-14,25-26,29-37,40H,15-16H2/t25-,26+,29+,30-,31+,32+/m1/s1.